The van der Waals surface area contributed by atoms with Crippen LogP contribution in [0.1, 0.15) is 406 Å². The number of carbonyl (C=O) groups excluding carboxylic acids is 3. The summed E-state index contributed by atoms with van der Waals surface area (Å²) in [6.07, 6.45) is 83.5. The number of unbranched alkanes of at least 4 members (excludes halogenated alkanes) is 52. The maximum Gasteiger partial charge on any atom is 0.306 e. The van der Waals surface area contributed by atoms with Crippen molar-refractivity contribution >= 4 is 17.9 Å². The second-order valence-corrected chi connectivity index (χ2v) is 24.5. The zero-order valence-electron chi connectivity index (χ0n) is 53.7. The highest BCUT2D eigenvalue weighted by molar-refractivity contribution is 5.71. The molecule has 0 aliphatic carbocycles. The van der Waals surface area contributed by atoms with Crippen molar-refractivity contribution in [2.24, 2.45) is 0 Å². The number of rotatable bonds is 67. The van der Waals surface area contributed by atoms with Gasteiger partial charge in [-0.15, -0.1) is 0 Å². The van der Waals surface area contributed by atoms with Crippen molar-refractivity contribution in [3.8, 4) is 0 Å². The van der Waals surface area contributed by atoms with Crippen LogP contribution < -0.4 is 0 Å². The minimum atomic E-state index is -0.773. The van der Waals surface area contributed by atoms with Gasteiger partial charge in [0.25, 0.3) is 0 Å². The monoisotopic (exact) mass is 1110 g/mol. The van der Waals surface area contributed by atoms with E-state index in [1.54, 1.807) is 0 Å². The van der Waals surface area contributed by atoms with Crippen LogP contribution in [0.15, 0.2) is 24.3 Å². The topological polar surface area (TPSA) is 78.9 Å². The fourth-order valence-electron chi connectivity index (χ4n) is 11.0. The summed E-state index contributed by atoms with van der Waals surface area (Å²) in [5, 5.41) is 0. The van der Waals surface area contributed by atoms with E-state index in [1.807, 2.05) is 0 Å². The van der Waals surface area contributed by atoms with Gasteiger partial charge in [0.2, 0.25) is 0 Å². The maximum atomic E-state index is 13.0. The number of allylic oxidation sites excluding steroid dienone is 4. The average molecular weight is 1110 g/mol. The van der Waals surface area contributed by atoms with E-state index >= 15 is 0 Å². The molecule has 6 nitrogen and oxygen atoms in total. The number of hydrogen-bond donors (Lipinski definition) is 0. The molecule has 0 spiro atoms. The summed E-state index contributed by atoms with van der Waals surface area (Å²) < 4.78 is 17.0. The lowest BCUT2D eigenvalue weighted by atomic mass is 10.0. The molecule has 0 fully saturated rings. The minimum absolute atomic E-state index is 0.0687. The first kappa shape index (κ1) is 76.9. The number of hydrogen-bond acceptors (Lipinski definition) is 6. The molecule has 79 heavy (non-hydrogen) atoms. The highest BCUT2D eigenvalue weighted by atomic mass is 16.6. The summed E-state index contributed by atoms with van der Waals surface area (Å²) in [6, 6.07) is 0. The van der Waals surface area contributed by atoms with Crippen molar-refractivity contribution < 1.29 is 28.6 Å². The lowest BCUT2D eigenvalue weighted by Gasteiger charge is -2.18. The molecule has 0 amide bonds. The Bertz CT molecular complexity index is 1270. The Kier molecular flexibility index (Phi) is 66.6. The van der Waals surface area contributed by atoms with Gasteiger partial charge in [0, 0.05) is 19.3 Å². The Morgan fingerprint density at radius 2 is 0.418 bits per heavy atom. The molecule has 0 N–H and O–H groups in total. The number of carbonyl (C=O) groups is 3. The van der Waals surface area contributed by atoms with E-state index < -0.39 is 6.10 Å². The molecule has 1 atom stereocenters. The number of ether oxygens (including phenoxy) is 3. The molecule has 0 rings (SSSR count). The van der Waals surface area contributed by atoms with Crippen LogP contribution in [0, 0.1) is 0 Å². The standard InChI is InChI=1S/C73H138O6/c1-4-7-10-13-16-19-22-25-28-30-32-34-36-38-40-42-45-48-51-54-57-60-63-66-72(75)78-69-70(68-77-71(74)65-62-59-56-53-50-47-44-27-24-21-18-15-12-9-6-3)79-73(76)67-64-61-58-55-52-49-46-43-41-39-37-35-33-31-29-26-23-20-17-14-11-8-5-2/h27,30,32,44,70H,4-26,28-29,31,33-43,45-69H2,1-3H3/b32-30-,44-27-. The SMILES string of the molecule is CCCCCCCC/C=C\CCCCCCCC(=O)OCC(COC(=O)CCCCCCCCCCCCC/C=C\CCCCCCCCCC)OC(=O)CCCCCCCCCCCCCCCCCCCCCCCCC. The van der Waals surface area contributed by atoms with Gasteiger partial charge in [-0.05, 0) is 70.6 Å². The molecule has 0 aromatic heterocycles. The molecule has 0 saturated heterocycles. The lowest BCUT2D eigenvalue weighted by molar-refractivity contribution is -0.167. The fraction of sp³-hybridized carbons (Fsp3) is 0.904. The normalized spacial score (nSPS) is 12.1. The van der Waals surface area contributed by atoms with Crippen LogP contribution in [0.2, 0.25) is 0 Å². The summed E-state index contributed by atoms with van der Waals surface area (Å²) in [5.41, 5.74) is 0. The molecule has 6 heteroatoms. The van der Waals surface area contributed by atoms with E-state index in [0.29, 0.717) is 19.3 Å². The van der Waals surface area contributed by atoms with E-state index in [4.69, 9.17) is 14.2 Å². The molecule has 0 heterocycles. The lowest BCUT2D eigenvalue weighted by Crippen LogP contribution is -2.30. The van der Waals surface area contributed by atoms with Crippen molar-refractivity contribution in [2.75, 3.05) is 13.2 Å². The van der Waals surface area contributed by atoms with Crippen LogP contribution in [-0.4, -0.2) is 37.2 Å². The molecule has 0 aliphatic heterocycles. The van der Waals surface area contributed by atoms with Gasteiger partial charge in [0.15, 0.2) is 6.10 Å². The average Bonchev–Trinajstić information content (AvgIpc) is 3.45. The van der Waals surface area contributed by atoms with Crippen molar-refractivity contribution in [3.05, 3.63) is 24.3 Å². The largest absolute Gasteiger partial charge is 0.462 e. The van der Waals surface area contributed by atoms with Crippen molar-refractivity contribution in [2.45, 2.75) is 412 Å². The highest BCUT2D eigenvalue weighted by Crippen LogP contribution is 2.19. The molecule has 0 saturated carbocycles. The third kappa shape index (κ3) is 66.6. The molecule has 0 aromatic rings. The number of esters is 3. The zero-order chi connectivity index (χ0) is 57.1. The Labute approximate surface area is 493 Å². The third-order valence-corrected chi connectivity index (χ3v) is 16.4. The summed E-state index contributed by atoms with van der Waals surface area (Å²) in [7, 11) is 0. The van der Waals surface area contributed by atoms with Crippen molar-refractivity contribution in [3.63, 3.8) is 0 Å². The Morgan fingerprint density at radius 1 is 0.241 bits per heavy atom. The van der Waals surface area contributed by atoms with Gasteiger partial charge in [0.1, 0.15) is 13.2 Å². The maximum absolute atomic E-state index is 13.0. The predicted octanol–water partition coefficient (Wildman–Crippen LogP) is 24.6. The Hall–Kier alpha value is -2.11. The van der Waals surface area contributed by atoms with Crippen LogP contribution in [0.25, 0.3) is 0 Å². The predicted molar refractivity (Wildman–Crippen MR) is 344 cm³/mol. The summed E-state index contributed by atoms with van der Waals surface area (Å²) in [4.78, 5) is 38.5. The molecule has 0 bridgehead atoms. The van der Waals surface area contributed by atoms with Gasteiger partial charge in [-0.2, -0.15) is 0 Å². The van der Waals surface area contributed by atoms with Gasteiger partial charge in [-0.25, -0.2) is 0 Å². The third-order valence-electron chi connectivity index (χ3n) is 16.4. The van der Waals surface area contributed by atoms with Crippen molar-refractivity contribution in [1.82, 2.24) is 0 Å². The van der Waals surface area contributed by atoms with Gasteiger partial charge in [-0.3, -0.25) is 14.4 Å². The van der Waals surface area contributed by atoms with E-state index in [-0.39, 0.29) is 31.1 Å². The van der Waals surface area contributed by atoms with Gasteiger partial charge in [0.05, 0.1) is 0 Å². The van der Waals surface area contributed by atoms with Crippen LogP contribution >= 0.6 is 0 Å². The van der Waals surface area contributed by atoms with Gasteiger partial charge in [-0.1, -0.05) is 340 Å². The smallest absolute Gasteiger partial charge is 0.306 e. The van der Waals surface area contributed by atoms with Crippen LogP contribution in [0.5, 0.6) is 0 Å². The first-order chi connectivity index (χ1) is 39.0. The van der Waals surface area contributed by atoms with Gasteiger partial charge >= 0.3 is 17.9 Å². The molecule has 0 aromatic carbocycles. The second-order valence-electron chi connectivity index (χ2n) is 24.5. The molecule has 466 valence electrons. The highest BCUT2D eigenvalue weighted by Gasteiger charge is 2.19. The van der Waals surface area contributed by atoms with E-state index in [1.165, 1.54) is 302 Å². The second kappa shape index (κ2) is 68.4. The molecule has 1 unspecified atom stereocenters. The van der Waals surface area contributed by atoms with Crippen molar-refractivity contribution in [1.29, 1.82) is 0 Å². The molecule has 0 aliphatic rings. The van der Waals surface area contributed by atoms with Crippen LogP contribution in [0.4, 0.5) is 0 Å². The Morgan fingerprint density at radius 3 is 0.633 bits per heavy atom. The molecular formula is C73H138O6. The van der Waals surface area contributed by atoms with E-state index in [9.17, 15) is 14.4 Å². The minimum Gasteiger partial charge on any atom is -0.462 e. The summed E-state index contributed by atoms with van der Waals surface area (Å²) in [6.45, 7) is 6.71. The molecular weight excluding hydrogens is 973 g/mol. The Balaban J connectivity index is 4.27. The van der Waals surface area contributed by atoms with E-state index in [0.717, 1.165) is 64.2 Å². The van der Waals surface area contributed by atoms with Gasteiger partial charge < -0.3 is 14.2 Å². The van der Waals surface area contributed by atoms with E-state index in [2.05, 4.69) is 45.1 Å². The summed E-state index contributed by atoms with van der Waals surface area (Å²) >= 11 is 0. The molecule has 0 radical (unpaired) electrons. The summed E-state index contributed by atoms with van der Waals surface area (Å²) in [5.74, 6) is -0.845. The first-order valence-electron chi connectivity index (χ1n) is 35.8. The fourth-order valence-corrected chi connectivity index (χ4v) is 11.0. The first-order valence-corrected chi connectivity index (χ1v) is 35.8. The van der Waals surface area contributed by atoms with Crippen LogP contribution in [0.3, 0.4) is 0 Å². The zero-order valence-corrected chi connectivity index (χ0v) is 53.7. The van der Waals surface area contributed by atoms with Crippen LogP contribution in [-0.2, 0) is 28.6 Å². The quantitative estimate of drug-likeness (QED) is 0.0261.